The zero-order valence-corrected chi connectivity index (χ0v) is 12.5. The molecular formula is C16H25N3O. The molecule has 0 aliphatic carbocycles. The molecule has 3 N–H and O–H groups in total. The summed E-state index contributed by atoms with van der Waals surface area (Å²) in [4.78, 5) is 14.4. The molecule has 0 spiro atoms. The normalized spacial score (nSPS) is 18.1. The maximum atomic E-state index is 12.0. The van der Waals surface area contributed by atoms with Gasteiger partial charge < -0.3 is 11.1 Å². The van der Waals surface area contributed by atoms with E-state index in [9.17, 15) is 4.79 Å². The Bertz CT molecular complexity index is 453. The molecule has 1 amide bonds. The first-order valence-electron chi connectivity index (χ1n) is 7.35. The Hall–Kier alpha value is -1.39. The molecule has 1 saturated heterocycles. The minimum absolute atomic E-state index is 0.0770. The summed E-state index contributed by atoms with van der Waals surface area (Å²) in [5, 5.41) is 2.94. The van der Waals surface area contributed by atoms with Crippen LogP contribution < -0.4 is 11.1 Å². The smallest absolute Gasteiger partial charge is 0.225 e. The van der Waals surface area contributed by atoms with Crippen LogP contribution in [0.15, 0.2) is 24.3 Å². The van der Waals surface area contributed by atoms with E-state index in [2.05, 4.69) is 24.1 Å². The number of hydrogen-bond acceptors (Lipinski definition) is 3. The number of benzene rings is 1. The van der Waals surface area contributed by atoms with Crippen LogP contribution in [0, 0.1) is 0 Å². The molecule has 0 atom stereocenters. The fourth-order valence-electron chi connectivity index (χ4n) is 2.76. The molecule has 4 heteroatoms. The van der Waals surface area contributed by atoms with E-state index in [1.807, 2.05) is 24.3 Å². The van der Waals surface area contributed by atoms with E-state index in [1.54, 1.807) is 0 Å². The second-order valence-electron chi connectivity index (χ2n) is 6.10. The molecule has 0 radical (unpaired) electrons. The van der Waals surface area contributed by atoms with E-state index in [0.717, 1.165) is 24.3 Å². The number of nitrogens with two attached hydrogens (primary N) is 1. The lowest BCUT2D eigenvalue weighted by Crippen LogP contribution is -2.39. The van der Waals surface area contributed by atoms with Gasteiger partial charge in [0.2, 0.25) is 5.91 Å². The van der Waals surface area contributed by atoms with Crippen LogP contribution in [-0.2, 0) is 11.3 Å². The number of carbonyl (C=O) groups excluding carboxylic acids is 1. The summed E-state index contributed by atoms with van der Waals surface area (Å²) in [5.41, 5.74) is 7.70. The van der Waals surface area contributed by atoms with Crippen LogP contribution in [-0.4, -0.2) is 29.4 Å². The van der Waals surface area contributed by atoms with Gasteiger partial charge in [0.05, 0.1) is 0 Å². The molecule has 2 rings (SSSR count). The highest BCUT2D eigenvalue weighted by atomic mass is 16.1. The first-order chi connectivity index (χ1) is 9.51. The van der Waals surface area contributed by atoms with Crippen molar-refractivity contribution >= 4 is 11.6 Å². The van der Waals surface area contributed by atoms with Gasteiger partial charge in [-0.2, -0.15) is 0 Å². The van der Waals surface area contributed by atoms with Crippen molar-refractivity contribution in [1.29, 1.82) is 0 Å². The van der Waals surface area contributed by atoms with E-state index in [1.165, 1.54) is 12.8 Å². The standard InChI is InChI=1S/C16H25N3O/c1-16(2)9-3-10-19(16)11-8-15(20)18-14-6-4-13(12-17)5-7-14/h4-7H,3,8-12,17H2,1-2H3,(H,18,20). The monoisotopic (exact) mass is 275 g/mol. The fourth-order valence-corrected chi connectivity index (χ4v) is 2.76. The van der Waals surface area contributed by atoms with Gasteiger partial charge in [-0.15, -0.1) is 0 Å². The van der Waals surface area contributed by atoms with Crippen molar-refractivity contribution in [1.82, 2.24) is 4.90 Å². The molecule has 0 aromatic heterocycles. The molecule has 0 bridgehead atoms. The van der Waals surface area contributed by atoms with Gasteiger partial charge in [0.15, 0.2) is 0 Å². The van der Waals surface area contributed by atoms with Crippen LogP contribution in [0.25, 0.3) is 0 Å². The number of nitrogens with zero attached hydrogens (tertiary/aromatic N) is 1. The maximum absolute atomic E-state index is 12.0. The Labute approximate surface area is 121 Å². The molecule has 0 unspecified atom stereocenters. The minimum Gasteiger partial charge on any atom is -0.326 e. The SMILES string of the molecule is CC1(C)CCCN1CCC(=O)Nc1ccc(CN)cc1. The molecule has 0 saturated carbocycles. The van der Waals surface area contributed by atoms with E-state index < -0.39 is 0 Å². The van der Waals surface area contributed by atoms with Crippen LogP contribution in [0.1, 0.15) is 38.7 Å². The van der Waals surface area contributed by atoms with Crippen molar-refractivity contribution in [3.63, 3.8) is 0 Å². The van der Waals surface area contributed by atoms with Gasteiger partial charge in [0, 0.05) is 30.7 Å². The highest BCUT2D eigenvalue weighted by Gasteiger charge is 2.31. The Morgan fingerprint density at radius 1 is 1.35 bits per heavy atom. The predicted molar refractivity (Wildman–Crippen MR) is 82.5 cm³/mol. The fraction of sp³-hybridized carbons (Fsp3) is 0.562. The topological polar surface area (TPSA) is 58.4 Å². The number of rotatable bonds is 5. The van der Waals surface area contributed by atoms with E-state index in [-0.39, 0.29) is 11.4 Å². The molecular weight excluding hydrogens is 250 g/mol. The highest BCUT2D eigenvalue weighted by molar-refractivity contribution is 5.90. The lowest BCUT2D eigenvalue weighted by molar-refractivity contribution is -0.116. The van der Waals surface area contributed by atoms with Gasteiger partial charge in [-0.3, -0.25) is 9.69 Å². The van der Waals surface area contributed by atoms with Gasteiger partial charge in [-0.1, -0.05) is 12.1 Å². The summed E-state index contributed by atoms with van der Waals surface area (Å²) in [5.74, 6) is 0.0770. The Morgan fingerprint density at radius 2 is 2.05 bits per heavy atom. The number of likely N-dealkylation sites (tertiary alicyclic amines) is 1. The van der Waals surface area contributed by atoms with Crippen LogP contribution in [0.4, 0.5) is 5.69 Å². The quantitative estimate of drug-likeness (QED) is 0.867. The van der Waals surface area contributed by atoms with Crippen molar-refractivity contribution in [2.24, 2.45) is 5.73 Å². The number of nitrogens with one attached hydrogen (secondary N) is 1. The number of anilines is 1. The molecule has 1 aromatic rings. The lowest BCUT2D eigenvalue weighted by atomic mass is 10.0. The Balaban J connectivity index is 1.80. The predicted octanol–water partition coefficient (Wildman–Crippen LogP) is 2.35. The molecule has 1 aliphatic heterocycles. The molecule has 1 aromatic carbocycles. The minimum atomic E-state index is 0.0770. The molecule has 1 fully saturated rings. The van der Waals surface area contributed by atoms with Crippen LogP contribution in [0.2, 0.25) is 0 Å². The van der Waals surface area contributed by atoms with Crippen LogP contribution in [0.3, 0.4) is 0 Å². The van der Waals surface area contributed by atoms with Crippen LogP contribution >= 0.6 is 0 Å². The van der Waals surface area contributed by atoms with Gasteiger partial charge in [0.1, 0.15) is 0 Å². The van der Waals surface area contributed by atoms with Gasteiger partial charge in [0.25, 0.3) is 0 Å². The summed E-state index contributed by atoms with van der Waals surface area (Å²) in [6.07, 6.45) is 2.99. The summed E-state index contributed by atoms with van der Waals surface area (Å²) in [6, 6.07) is 7.69. The van der Waals surface area contributed by atoms with Crippen LogP contribution in [0.5, 0.6) is 0 Å². The van der Waals surface area contributed by atoms with Crippen molar-refractivity contribution in [2.75, 3.05) is 18.4 Å². The Kier molecular flexibility index (Phi) is 4.78. The van der Waals surface area contributed by atoms with Crippen molar-refractivity contribution in [2.45, 2.75) is 45.2 Å². The van der Waals surface area contributed by atoms with Gasteiger partial charge in [-0.05, 0) is 50.9 Å². The average molecular weight is 275 g/mol. The first kappa shape index (κ1) is 15.0. The van der Waals surface area contributed by atoms with Crippen molar-refractivity contribution < 1.29 is 4.79 Å². The third kappa shape index (κ3) is 3.81. The molecule has 20 heavy (non-hydrogen) atoms. The first-order valence-corrected chi connectivity index (χ1v) is 7.35. The summed E-state index contributed by atoms with van der Waals surface area (Å²) >= 11 is 0. The van der Waals surface area contributed by atoms with E-state index in [0.29, 0.717) is 13.0 Å². The average Bonchev–Trinajstić information content (AvgIpc) is 2.76. The summed E-state index contributed by atoms with van der Waals surface area (Å²) < 4.78 is 0. The third-order valence-corrected chi connectivity index (χ3v) is 4.15. The Morgan fingerprint density at radius 3 is 2.60 bits per heavy atom. The second-order valence-corrected chi connectivity index (χ2v) is 6.10. The molecule has 110 valence electrons. The number of hydrogen-bond donors (Lipinski definition) is 2. The largest absolute Gasteiger partial charge is 0.326 e. The zero-order valence-electron chi connectivity index (χ0n) is 12.5. The van der Waals surface area contributed by atoms with Gasteiger partial charge >= 0.3 is 0 Å². The van der Waals surface area contributed by atoms with Crippen molar-refractivity contribution in [3.8, 4) is 0 Å². The van der Waals surface area contributed by atoms with E-state index in [4.69, 9.17) is 5.73 Å². The van der Waals surface area contributed by atoms with E-state index >= 15 is 0 Å². The zero-order chi connectivity index (χ0) is 14.6. The third-order valence-electron chi connectivity index (χ3n) is 4.15. The molecule has 1 heterocycles. The van der Waals surface area contributed by atoms with Crippen molar-refractivity contribution in [3.05, 3.63) is 29.8 Å². The maximum Gasteiger partial charge on any atom is 0.225 e. The second kappa shape index (κ2) is 6.37. The summed E-state index contributed by atoms with van der Waals surface area (Å²) in [6.45, 7) is 6.97. The number of carbonyl (C=O) groups is 1. The summed E-state index contributed by atoms with van der Waals surface area (Å²) in [7, 11) is 0. The molecule has 1 aliphatic rings. The molecule has 4 nitrogen and oxygen atoms in total. The number of amides is 1. The lowest BCUT2D eigenvalue weighted by Gasteiger charge is -2.31. The van der Waals surface area contributed by atoms with Gasteiger partial charge in [-0.25, -0.2) is 0 Å². The highest BCUT2D eigenvalue weighted by Crippen LogP contribution is 2.27.